The lowest BCUT2D eigenvalue weighted by Gasteiger charge is -2.45. The summed E-state index contributed by atoms with van der Waals surface area (Å²) >= 11 is 0. The lowest BCUT2D eigenvalue weighted by atomic mass is 9.92. The molecule has 1 aliphatic heterocycles. The number of rotatable bonds is 6. The molecular weight excluding hydrogens is 246 g/mol. The molecule has 6 nitrogen and oxygen atoms in total. The molecule has 1 aliphatic rings. The van der Waals surface area contributed by atoms with Gasteiger partial charge >= 0.3 is 5.97 Å². The predicted molar refractivity (Wildman–Crippen MR) is 61.9 cm³/mol. The highest BCUT2D eigenvalue weighted by Gasteiger charge is 2.46. The van der Waals surface area contributed by atoms with E-state index in [-0.39, 0.29) is 19.7 Å². The summed E-state index contributed by atoms with van der Waals surface area (Å²) in [4.78, 5) is 11.1. The Morgan fingerprint density at radius 3 is 2.47 bits per heavy atom. The third-order valence-electron chi connectivity index (χ3n) is 2.66. The maximum absolute atomic E-state index is 11.7. The van der Waals surface area contributed by atoms with Gasteiger partial charge in [0.2, 0.25) is 10.0 Å². The topological polar surface area (TPSA) is 83.9 Å². The number of sulfonamides is 1. The van der Waals surface area contributed by atoms with Gasteiger partial charge in [-0.15, -0.1) is 0 Å². The van der Waals surface area contributed by atoms with Gasteiger partial charge in [-0.3, -0.25) is 4.79 Å². The molecule has 0 radical (unpaired) electrons. The minimum atomic E-state index is -3.64. The van der Waals surface area contributed by atoms with Crippen LogP contribution in [0.5, 0.6) is 0 Å². The van der Waals surface area contributed by atoms with Crippen LogP contribution in [0.3, 0.4) is 0 Å². The van der Waals surface area contributed by atoms with Crippen molar-refractivity contribution in [2.24, 2.45) is 0 Å². The minimum absolute atomic E-state index is 0.0720. The summed E-state index contributed by atoms with van der Waals surface area (Å²) < 4.78 is 29.1. The highest BCUT2D eigenvalue weighted by Crippen LogP contribution is 2.28. The molecule has 0 amide bonds. The Kier molecular flexibility index (Phi) is 4.51. The highest BCUT2D eigenvalue weighted by molar-refractivity contribution is 7.89. The molecule has 1 rings (SSSR count). The Bertz CT molecular complexity index is 372. The van der Waals surface area contributed by atoms with Crippen molar-refractivity contribution in [1.82, 2.24) is 4.31 Å². The first-order valence-corrected chi connectivity index (χ1v) is 7.30. The second-order valence-corrected chi connectivity index (χ2v) is 6.27. The van der Waals surface area contributed by atoms with E-state index in [2.05, 4.69) is 4.74 Å². The van der Waals surface area contributed by atoms with Gasteiger partial charge in [0.1, 0.15) is 0 Å². The summed E-state index contributed by atoms with van der Waals surface area (Å²) in [6, 6.07) is 0. The number of esters is 1. The van der Waals surface area contributed by atoms with E-state index in [1.165, 1.54) is 0 Å². The van der Waals surface area contributed by atoms with Crippen molar-refractivity contribution in [2.75, 3.05) is 25.4 Å². The second-order valence-electron chi connectivity index (χ2n) is 4.30. The van der Waals surface area contributed by atoms with Gasteiger partial charge in [-0.05, 0) is 13.3 Å². The van der Waals surface area contributed by atoms with Crippen LogP contribution in [0, 0.1) is 0 Å². The van der Waals surface area contributed by atoms with Crippen LogP contribution < -0.4 is 0 Å². The normalized spacial score (nSPS) is 19.7. The zero-order valence-corrected chi connectivity index (χ0v) is 11.0. The molecule has 1 saturated heterocycles. The Hall–Kier alpha value is -0.660. The van der Waals surface area contributed by atoms with Gasteiger partial charge in [-0.25, -0.2) is 8.42 Å². The van der Waals surface area contributed by atoms with Crippen molar-refractivity contribution in [2.45, 2.75) is 32.3 Å². The van der Waals surface area contributed by atoms with Crippen molar-refractivity contribution in [3.63, 3.8) is 0 Å². The van der Waals surface area contributed by atoms with E-state index in [9.17, 15) is 18.3 Å². The van der Waals surface area contributed by atoms with Crippen molar-refractivity contribution in [3.05, 3.63) is 0 Å². The molecule has 1 fully saturated rings. The molecule has 0 spiro atoms. The first kappa shape index (κ1) is 14.4. The summed E-state index contributed by atoms with van der Waals surface area (Å²) in [6.45, 7) is 3.85. The van der Waals surface area contributed by atoms with Crippen LogP contribution in [-0.2, 0) is 19.6 Å². The molecule has 0 saturated carbocycles. The van der Waals surface area contributed by atoms with Crippen molar-refractivity contribution >= 4 is 16.0 Å². The molecule has 7 heteroatoms. The largest absolute Gasteiger partial charge is 0.465 e. The monoisotopic (exact) mass is 265 g/mol. The molecule has 100 valence electrons. The number of hydrogen-bond donors (Lipinski definition) is 1. The fourth-order valence-corrected chi connectivity index (χ4v) is 3.31. The van der Waals surface area contributed by atoms with Crippen molar-refractivity contribution < 1.29 is 23.1 Å². The van der Waals surface area contributed by atoms with Crippen LogP contribution in [0.1, 0.15) is 26.7 Å². The summed E-state index contributed by atoms with van der Waals surface area (Å²) in [5.74, 6) is -1.40. The van der Waals surface area contributed by atoms with Crippen LogP contribution >= 0.6 is 0 Å². The molecular formula is C10H19NO5S. The Labute approximate surface area is 102 Å². The van der Waals surface area contributed by atoms with Gasteiger partial charge < -0.3 is 9.84 Å². The molecule has 1 heterocycles. The zero-order valence-electron chi connectivity index (χ0n) is 10.2. The molecule has 0 bridgehead atoms. The van der Waals surface area contributed by atoms with Crippen molar-refractivity contribution in [1.29, 1.82) is 0 Å². The van der Waals surface area contributed by atoms with Crippen molar-refractivity contribution in [3.8, 4) is 0 Å². The molecule has 0 aromatic heterocycles. The fraction of sp³-hybridized carbons (Fsp3) is 0.900. The van der Waals surface area contributed by atoms with Gasteiger partial charge in [-0.1, -0.05) is 13.3 Å². The van der Waals surface area contributed by atoms with Crippen LogP contribution in [0.2, 0.25) is 0 Å². The van der Waals surface area contributed by atoms with Gasteiger partial charge in [0, 0.05) is 13.1 Å². The van der Waals surface area contributed by atoms with E-state index >= 15 is 0 Å². The van der Waals surface area contributed by atoms with E-state index in [1.807, 2.05) is 6.92 Å². The summed E-state index contributed by atoms with van der Waals surface area (Å²) in [5.41, 5.74) is -0.920. The molecule has 0 aromatic rings. The second kappa shape index (κ2) is 5.32. The number of nitrogens with zero attached hydrogens (tertiary/aromatic N) is 1. The molecule has 1 N–H and O–H groups in total. The number of ether oxygens (including phenoxy) is 1. The van der Waals surface area contributed by atoms with Crippen LogP contribution in [0.4, 0.5) is 0 Å². The number of aliphatic hydroxyl groups is 1. The lowest BCUT2D eigenvalue weighted by molar-refractivity contribution is -0.140. The van der Waals surface area contributed by atoms with Gasteiger partial charge in [0.25, 0.3) is 0 Å². The first-order valence-electron chi connectivity index (χ1n) is 5.69. The third-order valence-corrected chi connectivity index (χ3v) is 4.30. The fourth-order valence-electron chi connectivity index (χ4n) is 1.87. The minimum Gasteiger partial charge on any atom is -0.465 e. The standard InChI is InChI=1S/C10H19NO5S/c1-3-5-10(13)7-11(8-10)17(14,15)6-9(12)16-4-2/h13H,3-8H2,1-2H3. The van der Waals surface area contributed by atoms with Gasteiger partial charge in [-0.2, -0.15) is 4.31 Å². The van der Waals surface area contributed by atoms with E-state index in [4.69, 9.17) is 0 Å². The molecule has 0 unspecified atom stereocenters. The van der Waals surface area contributed by atoms with Crippen LogP contribution in [-0.4, -0.2) is 54.8 Å². The molecule has 17 heavy (non-hydrogen) atoms. The van der Waals surface area contributed by atoms with Gasteiger partial charge in [0.15, 0.2) is 5.75 Å². The Morgan fingerprint density at radius 1 is 1.41 bits per heavy atom. The van der Waals surface area contributed by atoms with E-state index < -0.39 is 27.3 Å². The average Bonchev–Trinajstić information content (AvgIpc) is 2.13. The summed E-state index contributed by atoms with van der Waals surface area (Å²) in [7, 11) is -3.64. The maximum Gasteiger partial charge on any atom is 0.322 e. The van der Waals surface area contributed by atoms with Gasteiger partial charge in [0.05, 0.1) is 12.2 Å². The lowest BCUT2D eigenvalue weighted by Crippen LogP contribution is -2.63. The quantitative estimate of drug-likeness (QED) is 0.668. The smallest absolute Gasteiger partial charge is 0.322 e. The average molecular weight is 265 g/mol. The summed E-state index contributed by atoms with van der Waals surface area (Å²) in [6.07, 6.45) is 1.36. The summed E-state index contributed by atoms with van der Waals surface area (Å²) in [5, 5.41) is 9.86. The Balaban J connectivity index is 2.50. The number of hydrogen-bond acceptors (Lipinski definition) is 5. The maximum atomic E-state index is 11.7. The SMILES string of the molecule is CCCC1(O)CN(S(=O)(=O)CC(=O)OCC)C1. The Morgan fingerprint density at radius 2 is 2.00 bits per heavy atom. The zero-order chi connectivity index (χ0) is 13.1. The molecule has 0 atom stereocenters. The number of β-amino-alcohol motifs (C(OH)–C–C–N with tert-alkyl or cyclic N) is 1. The van der Waals surface area contributed by atoms with Crippen LogP contribution in [0.15, 0.2) is 0 Å². The first-order chi connectivity index (χ1) is 7.83. The van der Waals surface area contributed by atoms with E-state index in [0.29, 0.717) is 6.42 Å². The predicted octanol–water partition coefficient (Wildman–Crippen LogP) is -0.274. The third kappa shape index (κ3) is 3.65. The molecule has 0 aliphatic carbocycles. The van der Waals surface area contributed by atoms with Crippen LogP contribution in [0.25, 0.3) is 0 Å². The molecule has 0 aromatic carbocycles. The van der Waals surface area contributed by atoms with E-state index in [1.54, 1.807) is 6.92 Å². The number of carbonyl (C=O) groups is 1. The highest BCUT2D eigenvalue weighted by atomic mass is 32.2. The number of carbonyl (C=O) groups excluding carboxylic acids is 1. The van der Waals surface area contributed by atoms with E-state index in [0.717, 1.165) is 10.7 Å².